The Hall–Kier alpha value is -0.610. The minimum Gasteiger partial charge on any atom is -0.394 e. The third-order valence-corrected chi connectivity index (χ3v) is 2.71. The molecule has 0 bridgehead atoms. The molecule has 0 aromatic heterocycles. The molecule has 0 saturated carbocycles. The normalized spacial score (nSPS) is 14.2. The fraction of sp³-hybridized carbons (Fsp3) is 0.889. The summed E-state index contributed by atoms with van der Waals surface area (Å²) in [5.41, 5.74) is 4.60. The van der Waals surface area contributed by atoms with E-state index in [0.29, 0.717) is 12.8 Å². The second kappa shape index (κ2) is 5.19. The van der Waals surface area contributed by atoms with Crippen LogP contribution in [0.4, 0.5) is 0 Å². The van der Waals surface area contributed by atoms with Gasteiger partial charge in [0, 0.05) is 0 Å². The van der Waals surface area contributed by atoms with E-state index in [0.717, 1.165) is 0 Å². The molecule has 0 aliphatic rings. The summed E-state index contributed by atoms with van der Waals surface area (Å²) < 4.78 is 0. The monoisotopic (exact) mass is 189 g/mol. The predicted octanol–water partition coefficient (Wildman–Crippen LogP) is 0.0214. The Labute approximate surface area is 78.7 Å². The molecule has 4 N–H and O–H groups in total. The van der Waals surface area contributed by atoms with Crippen molar-refractivity contribution in [1.82, 2.24) is 0 Å². The molecular formula is C9H19NO3. The Balaban J connectivity index is 4.48. The smallest absolute Gasteiger partial charge is 0.223 e. The molecule has 0 rings (SSSR count). The maximum absolute atomic E-state index is 11.2. The summed E-state index contributed by atoms with van der Waals surface area (Å²) in [6, 6.07) is 0. The van der Waals surface area contributed by atoms with Gasteiger partial charge in [-0.25, -0.2) is 0 Å². The van der Waals surface area contributed by atoms with Crippen LogP contribution in [0.25, 0.3) is 0 Å². The van der Waals surface area contributed by atoms with E-state index in [1.54, 1.807) is 0 Å². The lowest BCUT2D eigenvalue weighted by Crippen LogP contribution is -2.39. The van der Waals surface area contributed by atoms with Gasteiger partial charge in [0.15, 0.2) is 0 Å². The fourth-order valence-corrected chi connectivity index (χ4v) is 1.50. The van der Waals surface area contributed by atoms with Crippen LogP contribution >= 0.6 is 0 Å². The highest BCUT2D eigenvalue weighted by atomic mass is 16.3. The Morgan fingerprint density at radius 2 is 1.92 bits per heavy atom. The molecule has 0 saturated heterocycles. The third kappa shape index (κ3) is 2.97. The molecule has 0 fully saturated rings. The molecule has 0 aromatic carbocycles. The standard InChI is InChI=1S/C9H19NO3/c1-3-9(4-2,8(10)13)5-7(12)6-11/h7,11-12H,3-6H2,1-2H3,(H2,10,13). The van der Waals surface area contributed by atoms with Crippen molar-refractivity contribution in [2.45, 2.75) is 39.2 Å². The van der Waals surface area contributed by atoms with E-state index in [2.05, 4.69) is 0 Å². The lowest BCUT2D eigenvalue weighted by atomic mass is 9.77. The molecule has 1 amide bonds. The van der Waals surface area contributed by atoms with Crippen LogP contribution in [-0.2, 0) is 4.79 Å². The van der Waals surface area contributed by atoms with Gasteiger partial charge in [0.2, 0.25) is 5.91 Å². The van der Waals surface area contributed by atoms with Crippen molar-refractivity contribution in [2.24, 2.45) is 11.1 Å². The second-order valence-electron chi connectivity index (χ2n) is 3.39. The molecule has 0 aliphatic heterocycles. The zero-order valence-electron chi connectivity index (χ0n) is 8.29. The fourth-order valence-electron chi connectivity index (χ4n) is 1.50. The topological polar surface area (TPSA) is 83.6 Å². The van der Waals surface area contributed by atoms with Gasteiger partial charge in [-0.1, -0.05) is 13.8 Å². The first-order chi connectivity index (χ1) is 6.02. The maximum atomic E-state index is 11.2. The number of primary amides is 1. The first-order valence-electron chi connectivity index (χ1n) is 4.61. The minimum absolute atomic E-state index is 0.242. The lowest BCUT2D eigenvalue weighted by Gasteiger charge is -2.29. The first-order valence-corrected chi connectivity index (χ1v) is 4.61. The number of amides is 1. The summed E-state index contributed by atoms with van der Waals surface area (Å²) in [6.45, 7) is 3.39. The Bertz CT molecular complexity index is 166. The number of carbonyl (C=O) groups is 1. The largest absolute Gasteiger partial charge is 0.394 e. The summed E-state index contributed by atoms with van der Waals surface area (Å²) in [6.07, 6.45) is 0.574. The summed E-state index contributed by atoms with van der Waals surface area (Å²) in [7, 11) is 0. The van der Waals surface area contributed by atoms with Gasteiger partial charge in [0.25, 0.3) is 0 Å². The molecule has 78 valence electrons. The molecule has 4 heteroatoms. The molecule has 0 aromatic rings. The summed E-state index contributed by atoms with van der Waals surface area (Å²) in [5.74, 6) is -0.398. The van der Waals surface area contributed by atoms with Crippen molar-refractivity contribution in [3.8, 4) is 0 Å². The Kier molecular flexibility index (Phi) is 4.95. The number of hydrogen-bond acceptors (Lipinski definition) is 3. The zero-order valence-corrected chi connectivity index (χ0v) is 8.29. The summed E-state index contributed by atoms with van der Waals surface area (Å²) in [4.78, 5) is 11.2. The number of aliphatic hydroxyl groups is 2. The van der Waals surface area contributed by atoms with Crippen molar-refractivity contribution >= 4 is 5.91 Å². The summed E-state index contributed by atoms with van der Waals surface area (Å²) >= 11 is 0. The SMILES string of the molecule is CCC(CC)(CC(O)CO)C(N)=O. The van der Waals surface area contributed by atoms with Crippen LogP contribution in [0.1, 0.15) is 33.1 Å². The van der Waals surface area contributed by atoms with Gasteiger partial charge < -0.3 is 15.9 Å². The molecule has 1 unspecified atom stereocenters. The lowest BCUT2D eigenvalue weighted by molar-refractivity contribution is -0.130. The third-order valence-electron chi connectivity index (χ3n) is 2.71. The van der Waals surface area contributed by atoms with Crippen LogP contribution in [0.2, 0.25) is 0 Å². The van der Waals surface area contributed by atoms with Crippen molar-refractivity contribution in [3.05, 3.63) is 0 Å². The molecule has 0 spiro atoms. The molecule has 0 radical (unpaired) electrons. The second-order valence-corrected chi connectivity index (χ2v) is 3.39. The summed E-state index contributed by atoms with van der Waals surface area (Å²) in [5, 5.41) is 17.9. The van der Waals surface area contributed by atoms with Crippen LogP contribution in [0.5, 0.6) is 0 Å². The van der Waals surface area contributed by atoms with Crippen LogP contribution < -0.4 is 5.73 Å². The van der Waals surface area contributed by atoms with E-state index in [9.17, 15) is 9.90 Å². The van der Waals surface area contributed by atoms with Gasteiger partial charge in [-0.15, -0.1) is 0 Å². The highest BCUT2D eigenvalue weighted by Crippen LogP contribution is 2.31. The highest BCUT2D eigenvalue weighted by Gasteiger charge is 2.34. The van der Waals surface area contributed by atoms with Crippen LogP contribution in [0, 0.1) is 5.41 Å². The van der Waals surface area contributed by atoms with Crippen molar-refractivity contribution in [1.29, 1.82) is 0 Å². The average Bonchev–Trinajstić information content (AvgIpc) is 2.13. The number of aliphatic hydroxyl groups excluding tert-OH is 2. The van der Waals surface area contributed by atoms with Crippen molar-refractivity contribution < 1.29 is 15.0 Å². The van der Waals surface area contributed by atoms with Crippen molar-refractivity contribution in [2.75, 3.05) is 6.61 Å². The molecular weight excluding hydrogens is 170 g/mol. The van der Waals surface area contributed by atoms with E-state index in [1.165, 1.54) is 0 Å². The highest BCUT2D eigenvalue weighted by molar-refractivity contribution is 5.80. The number of rotatable bonds is 6. The van der Waals surface area contributed by atoms with Gasteiger partial charge in [0.1, 0.15) is 0 Å². The number of nitrogens with two attached hydrogens (primary N) is 1. The average molecular weight is 189 g/mol. The molecule has 1 atom stereocenters. The van der Waals surface area contributed by atoms with Gasteiger partial charge in [-0.2, -0.15) is 0 Å². The minimum atomic E-state index is -0.854. The molecule has 0 aliphatic carbocycles. The van der Waals surface area contributed by atoms with Crippen LogP contribution in [0.15, 0.2) is 0 Å². The van der Waals surface area contributed by atoms with Gasteiger partial charge in [0.05, 0.1) is 18.1 Å². The number of carbonyl (C=O) groups excluding carboxylic acids is 1. The molecule has 13 heavy (non-hydrogen) atoms. The van der Waals surface area contributed by atoms with Gasteiger partial charge in [-0.05, 0) is 19.3 Å². The Morgan fingerprint density at radius 1 is 1.46 bits per heavy atom. The van der Waals surface area contributed by atoms with Crippen LogP contribution in [0.3, 0.4) is 0 Å². The van der Waals surface area contributed by atoms with E-state index in [1.807, 2.05) is 13.8 Å². The van der Waals surface area contributed by atoms with Crippen molar-refractivity contribution in [3.63, 3.8) is 0 Å². The Morgan fingerprint density at radius 3 is 2.15 bits per heavy atom. The molecule has 0 heterocycles. The van der Waals surface area contributed by atoms with Gasteiger partial charge >= 0.3 is 0 Å². The quantitative estimate of drug-likeness (QED) is 0.551. The van der Waals surface area contributed by atoms with E-state index >= 15 is 0 Å². The van der Waals surface area contributed by atoms with Gasteiger partial charge in [-0.3, -0.25) is 4.79 Å². The van der Waals surface area contributed by atoms with E-state index in [-0.39, 0.29) is 13.0 Å². The predicted molar refractivity (Wildman–Crippen MR) is 49.9 cm³/mol. The molecule has 4 nitrogen and oxygen atoms in total. The van der Waals surface area contributed by atoms with Crippen LogP contribution in [-0.4, -0.2) is 28.8 Å². The number of hydrogen-bond donors (Lipinski definition) is 3. The maximum Gasteiger partial charge on any atom is 0.223 e. The first kappa shape index (κ1) is 12.4. The van der Waals surface area contributed by atoms with E-state index < -0.39 is 17.4 Å². The zero-order chi connectivity index (χ0) is 10.5. The van der Waals surface area contributed by atoms with E-state index in [4.69, 9.17) is 10.8 Å².